The van der Waals surface area contributed by atoms with Crippen molar-refractivity contribution < 1.29 is 4.79 Å². The molecule has 0 unspecified atom stereocenters. The van der Waals surface area contributed by atoms with Gasteiger partial charge in [-0.15, -0.1) is 0 Å². The molecule has 24 heavy (non-hydrogen) atoms. The molecule has 0 radical (unpaired) electrons. The molecule has 1 heterocycles. The predicted octanol–water partition coefficient (Wildman–Crippen LogP) is 4.84. The fourth-order valence-electron chi connectivity index (χ4n) is 2.28. The first-order valence-corrected chi connectivity index (χ1v) is 8.52. The van der Waals surface area contributed by atoms with Gasteiger partial charge in [-0.2, -0.15) is 0 Å². The number of benzene rings is 1. The zero-order valence-corrected chi connectivity index (χ0v) is 15.0. The van der Waals surface area contributed by atoms with Crippen LogP contribution in [0.5, 0.6) is 0 Å². The van der Waals surface area contributed by atoms with Gasteiger partial charge in [-0.25, -0.2) is 4.98 Å². The number of unbranched alkanes of at least 4 members (excludes halogenated alkanes) is 1. The number of anilines is 2. The van der Waals surface area contributed by atoms with Gasteiger partial charge in [-0.3, -0.25) is 4.79 Å². The second-order valence-corrected chi connectivity index (χ2v) is 6.99. The second-order valence-electron chi connectivity index (χ2n) is 6.99. The minimum absolute atomic E-state index is 0.104. The van der Waals surface area contributed by atoms with Crippen LogP contribution in [0, 0.1) is 0 Å². The molecular weight excluding hydrogens is 298 g/mol. The van der Waals surface area contributed by atoms with Crippen molar-refractivity contribution >= 4 is 17.4 Å². The fraction of sp³-hybridized carbons (Fsp3) is 0.400. The van der Waals surface area contributed by atoms with E-state index in [1.807, 2.05) is 18.2 Å². The van der Waals surface area contributed by atoms with E-state index in [4.69, 9.17) is 0 Å². The normalized spacial score (nSPS) is 11.2. The van der Waals surface area contributed by atoms with Crippen molar-refractivity contribution in [3.63, 3.8) is 0 Å². The Morgan fingerprint density at radius 1 is 1.08 bits per heavy atom. The van der Waals surface area contributed by atoms with Crippen molar-refractivity contribution in [1.82, 2.24) is 4.98 Å². The number of nitrogens with one attached hydrogen (secondary N) is 2. The minimum Gasteiger partial charge on any atom is -0.370 e. The highest BCUT2D eigenvalue weighted by Crippen LogP contribution is 2.23. The molecule has 4 nitrogen and oxygen atoms in total. The lowest BCUT2D eigenvalue weighted by Gasteiger charge is -2.19. The first-order valence-electron chi connectivity index (χ1n) is 8.52. The molecule has 1 amide bonds. The number of carbonyl (C=O) groups excluding carboxylic acids is 1. The van der Waals surface area contributed by atoms with Gasteiger partial charge in [0.2, 0.25) is 0 Å². The van der Waals surface area contributed by atoms with E-state index in [2.05, 4.69) is 55.4 Å². The maximum absolute atomic E-state index is 12.3. The number of aromatic nitrogens is 1. The van der Waals surface area contributed by atoms with Crippen molar-refractivity contribution in [3.05, 3.63) is 53.7 Å². The standard InChI is InChI=1S/C20H27N3O/c1-5-6-13-21-18-12-7-15(14-22-18)19(24)23-17-10-8-16(9-11-17)20(2,3)4/h7-12,14H,5-6,13H2,1-4H3,(H,21,22)(H,23,24). The number of hydrogen-bond acceptors (Lipinski definition) is 3. The van der Waals surface area contributed by atoms with Crippen molar-refractivity contribution in [2.75, 3.05) is 17.2 Å². The molecule has 128 valence electrons. The Hall–Kier alpha value is -2.36. The molecule has 0 aliphatic carbocycles. The number of amides is 1. The molecule has 0 spiro atoms. The van der Waals surface area contributed by atoms with Crippen LogP contribution in [0.4, 0.5) is 11.5 Å². The van der Waals surface area contributed by atoms with Gasteiger partial charge in [-0.05, 0) is 41.7 Å². The van der Waals surface area contributed by atoms with Gasteiger partial charge in [0.25, 0.3) is 5.91 Å². The number of carbonyl (C=O) groups is 1. The van der Waals surface area contributed by atoms with Crippen LogP contribution in [0.1, 0.15) is 56.5 Å². The lowest BCUT2D eigenvalue weighted by Crippen LogP contribution is -2.14. The summed E-state index contributed by atoms with van der Waals surface area (Å²) in [6.07, 6.45) is 3.85. The molecule has 2 aromatic rings. The third-order valence-corrected chi connectivity index (χ3v) is 3.87. The highest BCUT2D eigenvalue weighted by molar-refractivity contribution is 6.04. The Balaban J connectivity index is 1.96. The summed E-state index contributed by atoms with van der Waals surface area (Å²) in [4.78, 5) is 16.6. The lowest BCUT2D eigenvalue weighted by atomic mass is 9.87. The van der Waals surface area contributed by atoms with Crippen LogP contribution >= 0.6 is 0 Å². The quantitative estimate of drug-likeness (QED) is 0.747. The van der Waals surface area contributed by atoms with Gasteiger partial charge in [0, 0.05) is 18.4 Å². The molecule has 1 aromatic carbocycles. The number of hydrogen-bond donors (Lipinski definition) is 2. The van der Waals surface area contributed by atoms with Crippen molar-refractivity contribution in [2.24, 2.45) is 0 Å². The summed E-state index contributed by atoms with van der Waals surface area (Å²) < 4.78 is 0. The van der Waals surface area contributed by atoms with E-state index < -0.39 is 0 Å². The van der Waals surface area contributed by atoms with Gasteiger partial charge in [0.15, 0.2) is 0 Å². The summed E-state index contributed by atoms with van der Waals surface area (Å²) in [6, 6.07) is 11.6. The van der Waals surface area contributed by atoms with Crippen LogP contribution in [0.25, 0.3) is 0 Å². The third kappa shape index (κ3) is 5.08. The Kier molecular flexibility index (Phi) is 5.96. The molecule has 0 aliphatic rings. The SMILES string of the molecule is CCCCNc1ccc(C(=O)Nc2ccc(C(C)(C)C)cc2)cn1. The molecule has 2 N–H and O–H groups in total. The van der Waals surface area contributed by atoms with Crippen molar-refractivity contribution in [1.29, 1.82) is 0 Å². The number of rotatable bonds is 6. The van der Waals surface area contributed by atoms with Gasteiger partial charge in [0.1, 0.15) is 5.82 Å². The van der Waals surface area contributed by atoms with Gasteiger partial charge in [-0.1, -0.05) is 46.2 Å². The predicted molar refractivity (Wildman–Crippen MR) is 101 cm³/mol. The summed E-state index contributed by atoms with van der Waals surface area (Å²) in [7, 11) is 0. The molecule has 4 heteroatoms. The Morgan fingerprint density at radius 2 is 1.79 bits per heavy atom. The summed E-state index contributed by atoms with van der Waals surface area (Å²) in [5.74, 6) is 0.653. The highest BCUT2D eigenvalue weighted by Gasteiger charge is 2.13. The van der Waals surface area contributed by atoms with Crippen LogP contribution in [0.3, 0.4) is 0 Å². The molecule has 0 saturated carbocycles. The van der Waals surface area contributed by atoms with E-state index in [1.165, 1.54) is 5.56 Å². The monoisotopic (exact) mass is 325 g/mol. The summed E-state index contributed by atoms with van der Waals surface area (Å²) in [6.45, 7) is 9.55. The average Bonchev–Trinajstić information content (AvgIpc) is 2.55. The van der Waals surface area contributed by atoms with Gasteiger partial charge < -0.3 is 10.6 Å². The van der Waals surface area contributed by atoms with Crippen LogP contribution in [-0.2, 0) is 5.41 Å². The average molecular weight is 325 g/mol. The topological polar surface area (TPSA) is 54.0 Å². The third-order valence-electron chi connectivity index (χ3n) is 3.87. The lowest BCUT2D eigenvalue weighted by molar-refractivity contribution is 0.102. The van der Waals surface area contributed by atoms with E-state index >= 15 is 0 Å². The first-order chi connectivity index (χ1) is 11.4. The molecule has 0 aliphatic heterocycles. The minimum atomic E-state index is -0.147. The zero-order chi connectivity index (χ0) is 17.6. The first kappa shape index (κ1) is 18.0. The Morgan fingerprint density at radius 3 is 2.33 bits per heavy atom. The second kappa shape index (κ2) is 7.95. The molecule has 0 fully saturated rings. The molecular formula is C20H27N3O. The summed E-state index contributed by atoms with van der Waals surface area (Å²) in [5.41, 5.74) is 2.69. The van der Waals surface area contributed by atoms with Crippen molar-refractivity contribution in [2.45, 2.75) is 46.0 Å². The largest absolute Gasteiger partial charge is 0.370 e. The van der Waals surface area contributed by atoms with E-state index in [-0.39, 0.29) is 11.3 Å². The highest BCUT2D eigenvalue weighted by atomic mass is 16.1. The maximum atomic E-state index is 12.3. The maximum Gasteiger partial charge on any atom is 0.257 e. The molecule has 0 saturated heterocycles. The smallest absolute Gasteiger partial charge is 0.257 e. The van der Waals surface area contributed by atoms with Crippen LogP contribution in [0.2, 0.25) is 0 Å². The van der Waals surface area contributed by atoms with E-state index in [0.717, 1.165) is 30.9 Å². The summed E-state index contributed by atoms with van der Waals surface area (Å²) >= 11 is 0. The van der Waals surface area contributed by atoms with Gasteiger partial charge in [0.05, 0.1) is 5.56 Å². The van der Waals surface area contributed by atoms with Crippen LogP contribution in [-0.4, -0.2) is 17.4 Å². The number of nitrogens with zero attached hydrogens (tertiary/aromatic N) is 1. The van der Waals surface area contributed by atoms with Crippen molar-refractivity contribution in [3.8, 4) is 0 Å². The Bertz CT molecular complexity index is 655. The van der Waals surface area contributed by atoms with Crippen LogP contribution < -0.4 is 10.6 Å². The van der Waals surface area contributed by atoms with E-state index in [0.29, 0.717) is 5.56 Å². The van der Waals surface area contributed by atoms with E-state index in [9.17, 15) is 4.79 Å². The molecule has 2 rings (SSSR count). The summed E-state index contributed by atoms with van der Waals surface area (Å²) in [5, 5.41) is 6.15. The molecule has 1 aromatic heterocycles. The van der Waals surface area contributed by atoms with Crippen LogP contribution in [0.15, 0.2) is 42.6 Å². The van der Waals surface area contributed by atoms with E-state index in [1.54, 1.807) is 12.3 Å². The Labute approximate surface area is 144 Å². The fourth-order valence-corrected chi connectivity index (χ4v) is 2.28. The number of pyridine rings is 1. The molecule has 0 bridgehead atoms. The van der Waals surface area contributed by atoms with Gasteiger partial charge >= 0.3 is 0 Å². The zero-order valence-electron chi connectivity index (χ0n) is 15.0. The molecule has 0 atom stereocenters.